The van der Waals surface area contributed by atoms with Crippen LogP contribution in [-0.4, -0.2) is 10.9 Å². The van der Waals surface area contributed by atoms with Crippen LogP contribution in [0.3, 0.4) is 0 Å². The second-order valence-corrected chi connectivity index (χ2v) is 7.31. The molecule has 0 aliphatic rings. The quantitative estimate of drug-likeness (QED) is 0.375. The average molecular weight is 454 g/mol. The molecule has 1 amide bonds. The molecule has 0 saturated carbocycles. The standard InChI is InChI=1S/C22H14BrClN2O2/c23-18-7-3-4-8-19(18)26-21(27)16-5-1-2-6-17(16)22-25-13-20(28-22)14-9-11-15(24)12-10-14/h1-13H,(H,26,27). The lowest BCUT2D eigenvalue weighted by atomic mass is 10.1. The molecule has 0 unspecified atom stereocenters. The van der Waals surface area contributed by atoms with Crippen molar-refractivity contribution in [2.24, 2.45) is 0 Å². The van der Waals surface area contributed by atoms with E-state index in [0.29, 0.717) is 33.5 Å². The lowest BCUT2D eigenvalue weighted by Crippen LogP contribution is -2.13. The smallest absolute Gasteiger partial charge is 0.256 e. The summed E-state index contributed by atoms with van der Waals surface area (Å²) in [6, 6.07) is 21.9. The average Bonchev–Trinajstić information content (AvgIpc) is 3.20. The summed E-state index contributed by atoms with van der Waals surface area (Å²) in [5.41, 5.74) is 2.64. The molecule has 0 saturated heterocycles. The van der Waals surface area contributed by atoms with Gasteiger partial charge in [-0.2, -0.15) is 0 Å². The number of carbonyl (C=O) groups is 1. The summed E-state index contributed by atoms with van der Waals surface area (Å²) in [4.78, 5) is 17.2. The predicted octanol–water partition coefficient (Wildman–Crippen LogP) is 6.68. The van der Waals surface area contributed by atoms with Crippen molar-refractivity contribution in [3.8, 4) is 22.8 Å². The van der Waals surface area contributed by atoms with Gasteiger partial charge in [0.2, 0.25) is 5.89 Å². The molecule has 3 aromatic carbocycles. The van der Waals surface area contributed by atoms with Gasteiger partial charge in [0.1, 0.15) is 0 Å². The molecule has 0 radical (unpaired) electrons. The van der Waals surface area contributed by atoms with Gasteiger partial charge in [0.05, 0.1) is 17.4 Å². The highest BCUT2D eigenvalue weighted by molar-refractivity contribution is 9.10. The van der Waals surface area contributed by atoms with Crippen LogP contribution >= 0.6 is 27.5 Å². The number of oxazole rings is 1. The van der Waals surface area contributed by atoms with Gasteiger partial charge in [0.15, 0.2) is 5.76 Å². The molecule has 1 aromatic heterocycles. The third kappa shape index (κ3) is 3.86. The molecule has 0 bridgehead atoms. The number of benzene rings is 3. The molecule has 4 aromatic rings. The molecular weight excluding hydrogens is 440 g/mol. The largest absolute Gasteiger partial charge is 0.436 e. The van der Waals surface area contributed by atoms with Crippen LogP contribution in [0.2, 0.25) is 5.02 Å². The predicted molar refractivity (Wildman–Crippen MR) is 114 cm³/mol. The highest BCUT2D eigenvalue weighted by Crippen LogP contribution is 2.30. The Morgan fingerprint density at radius 3 is 2.46 bits per heavy atom. The summed E-state index contributed by atoms with van der Waals surface area (Å²) < 4.78 is 6.72. The third-order valence-electron chi connectivity index (χ3n) is 4.16. The minimum absolute atomic E-state index is 0.242. The first-order valence-electron chi connectivity index (χ1n) is 8.49. The van der Waals surface area contributed by atoms with E-state index in [4.69, 9.17) is 16.0 Å². The van der Waals surface area contributed by atoms with Crippen molar-refractivity contribution in [3.05, 3.63) is 94.1 Å². The monoisotopic (exact) mass is 452 g/mol. The lowest BCUT2D eigenvalue weighted by molar-refractivity contribution is 0.102. The fourth-order valence-corrected chi connectivity index (χ4v) is 3.28. The van der Waals surface area contributed by atoms with Gasteiger partial charge in [0, 0.05) is 20.6 Å². The molecule has 0 aliphatic heterocycles. The summed E-state index contributed by atoms with van der Waals surface area (Å²) in [5, 5.41) is 3.56. The fraction of sp³-hybridized carbons (Fsp3) is 0. The Balaban J connectivity index is 1.66. The van der Waals surface area contributed by atoms with E-state index in [1.54, 1.807) is 24.4 Å². The molecule has 6 heteroatoms. The molecule has 0 fully saturated rings. The summed E-state index contributed by atoms with van der Waals surface area (Å²) in [6.45, 7) is 0. The zero-order valence-electron chi connectivity index (χ0n) is 14.5. The van der Waals surface area contributed by atoms with E-state index in [2.05, 4.69) is 26.2 Å². The molecule has 1 N–H and O–H groups in total. The Hall–Kier alpha value is -2.89. The number of aromatic nitrogens is 1. The Bertz CT molecular complexity index is 1140. The van der Waals surface area contributed by atoms with Crippen molar-refractivity contribution in [3.63, 3.8) is 0 Å². The number of amides is 1. The van der Waals surface area contributed by atoms with E-state index in [1.807, 2.05) is 54.6 Å². The van der Waals surface area contributed by atoms with Crippen LogP contribution < -0.4 is 5.32 Å². The van der Waals surface area contributed by atoms with Crippen molar-refractivity contribution in [1.29, 1.82) is 0 Å². The second-order valence-electron chi connectivity index (χ2n) is 6.02. The number of halogens is 2. The number of rotatable bonds is 4. The van der Waals surface area contributed by atoms with Gasteiger partial charge in [-0.05, 0) is 64.5 Å². The molecular formula is C22H14BrClN2O2. The maximum atomic E-state index is 12.9. The van der Waals surface area contributed by atoms with Crippen LogP contribution in [0.15, 0.2) is 87.9 Å². The number of carbonyl (C=O) groups excluding carboxylic acids is 1. The second kappa shape index (κ2) is 8.00. The number of nitrogens with one attached hydrogen (secondary N) is 1. The first-order chi connectivity index (χ1) is 13.6. The normalized spacial score (nSPS) is 10.6. The van der Waals surface area contributed by atoms with E-state index < -0.39 is 0 Å². The van der Waals surface area contributed by atoms with E-state index in [9.17, 15) is 4.79 Å². The van der Waals surface area contributed by atoms with Crippen LogP contribution in [0.4, 0.5) is 5.69 Å². The van der Waals surface area contributed by atoms with Gasteiger partial charge < -0.3 is 9.73 Å². The van der Waals surface area contributed by atoms with E-state index in [1.165, 1.54) is 0 Å². The Kier molecular flexibility index (Phi) is 5.28. The minimum atomic E-state index is -0.242. The number of para-hydroxylation sites is 1. The van der Waals surface area contributed by atoms with Crippen molar-refractivity contribution in [2.75, 3.05) is 5.32 Å². The van der Waals surface area contributed by atoms with Gasteiger partial charge in [0.25, 0.3) is 5.91 Å². The molecule has 4 nitrogen and oxygen atoms in total. The molecule has 1 heterocycles. The van der Waals surface area contributed by atoms with Gasteiger partial charge in [-0.3, -0.25) is 4.79 Å². The fourth-order valence-electron chi connectivity index (χ4n) is 2.77. The highest BCUT2D eigenvalue weighted by Gasteiger charge is 2.17. The number of hydrogen-bond donors (Lipinski definition) is 1. The van der Waals surface area contributed by atoms with Crippen LogP contribution in [0.25, 0.3) is 22.8 Å². The summed E-state index contributed by atoms with van der Waals surface area (Å²) in [7, 11) is 0. The minimum Gasteiger partial charge on any atom is -0.436 e. The molecule has 4 rings (SSSR count). The summed E-state index contributed by atoms with van der Waals surface area (Å²) in [6.07, 6.45) is 1.64. The molecule has 0 atom stereocenters. The lowest BCUT2D eigenvalue weighted by Gasteiger charge is -2.09. The third-order valence-corrected chi connectivity index (χ3v) is 5.10. The van der Waals surface area contributed by atoms with Crippen LogP contribution in [0, 0.1) is 0 Å². The van der Waals surface area contributed by atoms with E-state index >= 15 is 0 Å². The van der Waals surface area contributed by atoms with Gasteiger partial charge in [-0.1, -0.05) is 35.9 Å². The van der Waals surface area contributed by atoms with Crippen LogP contribution in [0.5, 0.6) is 0 Å². The summed E-state index contributed by atoms with van der Waals surface area (Å²) in [5.74, 6) is 0.740. The maximum absolute atomic E-state index is 12.9. The summed E-state index contributed by atoms with van der Waals surface area (Å²) >= 11 is 9.38. The molecule has 0 spiro atoms. The van der Waals surface area contributed by atoms with Crippen molar-refractivity contribution >= 4 is 39.1 Å². The molecule has 138 valence electrons. The maximum Gasteiger partial charge on any atom is 0.256 e. The zero-order valence-corrected chi connectivity index (χ0v) is 16.9. The number of nitrogens with zero attached hydrogens (tertiary/aromatic N) is 1. The van der Waals surface area contributed by atoms with Crippen LogP contribution in [-0.2, 0) is 0 Å². The van der Waals surface area contributed by atoms with E-state index in [-0.39, 0.29) is 5.91 Å². The van der Waals surface area contributed by atoms with Crippen molar-refractivity contribution in [1.82, 2.24) is 4.98 Å². The first-order valence-corrected chi connectivity index (χ1v) is 9.66. The van der Waals surface area contributed by atoms with Crippen LogP contribution in [0.1, 0.15) is 10.4 Å². The first kappa shape index (κ1) is 18.5. The molecule has 28 heavy (non-hydrogen) atoms. The SMILES string of the molecule is O=C(Nc1ccccc1Br)c1ccccc1-c1ncc(-c2ccc(Cl)cc2)o1. The van der Waals surface area contributed by atoms with Gasteiger partial charge >= 0.3 is 0 Å². The zero-order chi connectivity index (χ0) is 19.5. The Morgan fingerprint density at radius 2 is 1.68 bits per heavy atom. The van der Waals surface area contributed by atoms with E-state index in [0.717, 1.165) is 10.0 Å². The Labute approximate surface area is 175 Å². The molecule has 0 aliphatic carbocycles. The topological polar surface area (TPSA) is 55.1 Å². The highest BCUT2D eigenvalue weighted by atomic mass is 79.9. The number of anilines is 1. The number of hydrogen-bond acceptors (Lipinski definition) is 3. The van der Waals surface area contributed by atoms with Gasteiger partial charge in [-0.25, -0.2) is 4.98 Å². The van der Waals surface area contributed by atoms with Crippen molar-refractivity contribution < 1.29 is 9.21 Å². The van der Waals surface area contributed by atoms with Gasteiger partial charge in [-0.15, -0.1) is 0 Å². The Morgan fingerprint density at radius 1 is 0.964 bits per heavy atom. The van der Waals surface area contributed by atoms with Crippen molar-refractivity contribution in [2.45, 2.75) is 0 Å².